The number of nitrogens with two attached hydrogens (primary N) is 1. The van der Waals surface area contributed by atoms with E-state index in [1.165, 1.54) is 0 Å². The summed E-state index contributed by atoms with van der Waals surface area (Å²) in [4.78, 5) is 11.2. The molecule has 1 aliphatic rings. The molecule has 1 saturated heterocycles. The lowest BCUT2D eigenvalue weighted by Crippen LogP contribution is -2.39. The van der Waals surface area contributed by atoms with Crippen molar-refractivity contribution in [1.82, 2.24) is 14.9 Å². The molecule has 0 aromatic carbocycles. The van der Waals surface area contributed by atoms with Gasteiger partial charge < -0.3 is 15.5 Å². The Morgan fingerprint density at radius 2 is 2.00 bits per heavy atom. The van der Waals surface area contributed by atoms with Crippen molar-refractivity contribution in [1.29, 1.82) is 0 Å². The molecule has 7 heteroatoms. The standard InChI is InChI=1S/C13H24N6O/c1-10(2)13-16-11(9-12(17-13)18-14)15-3-4-19-5-7-20-8-6-19/h9-10H,3-8,14H2,1-2H3,(H2,15,16,17,18). The lowest BCUT2D eigenvalue weighted by atomic mass is 10.2. The Kier molecular flexibility index (Phi) is 5.51. The zero-order chi connectivity index (χ0) is 14.4. The second-order valence-electron chi connectivity index (χ2n) is 5.18. The maximum Gasteiger partial charge on any atom is 0.145 e. The Morgan fingerprint density at radius 1 is 1.30 bits per heavy atom. The molecule has 1 aliphatic heterocycles. The number of hydrazine groups is 1. The molecule has 1 aromatic heterocycles. The lowest BCUT2D eigenvalue weighted by Gasteiger charge is -2.26. The van der Waals surface area contributed by atoms with E-state index in [1.807, 2.05) is 6.07 Å². The van der Waals surface area contributed by atoms with Crippen LogP contribution in [0.25, 0.3) is 0 Å². The van der Waals surface area contributed by atoms with Crippen molar-refractivity contribution in [2.24, 2.45) is 5.84 Å². The summed E-state index contributed by atoms with van der Waals surface area (Å²) in [5.41, 5.74) is 2.58. The molecule has 0 atom stereocenters. The summed E-state index contributed by atoms with van der Waals surface area (Å²) < 4.78 is 5.33. The van der Waals surface area contributed by atoms with E-state index in [2.05, 4.69) is 39.5 Å². The van der Waals surface area contributed by atoms with Gasteiger partial charge in [0, 0.05) is 38.2 Å². The third kappa shape index (κ3) is 4.29. The fraction of sp³-hybridized carbons (Fsp3) is 0.692. The second kappa shape index (κ2) is 7.37. The first-order chi connectivity index (χ1) is 9.69. The van der Waals surface area contributed by atoms with E-state index in [1.54, 1.807) is 0 Å². The Balaban J connectivity index is 1.89. The molecule has 1 fully saturated rings. The summed E-state index contributed by atoms with van der Waals surface area (Å²) in [7, 11) is 0. The highest BCUT2D eigenvalue weighted by molar-refractivity contribution is 5.47. The third-order valence-corrected chi connectivity index (χ3v) is 3.25. The third-order valence-electron chi connectivity index (χ3n) is 3.25. The van der Waals surface area contributed by atoms with Crippen LogP contribution in [0.2, 0.25) is 0 Å². The van der Waals surface area contributed by atoms with Crippen LogP contribution >= 0.6 is 0 Å². The molecule has 0 saturated carbocycles. The van der Waals surface area contributed by atoms with Crippen molar-refractivity contribution in [3.63, 3.8) is 0 Å². The van der Waals surface area contributed by atoms with E-state index in [0.29, 0.717) is 5.82 Å². The van der Waals surface area contributed by atoms with E-state index in [0.717, 1.165) is 51.0 Å². The minimum Gasteiger partial charge on any atom is -0.379 e. The first-order valence-corrected chi connectivity index (χ1v) is 7.08. The summed E-state index contributed by atoms with van der Waals surface area (Å²) in [6.45, 7) is 9.60. The molecule has 0 unspecified atom stereocenters. The quantitative estimate of drug-likeness (QED) is 0.520. The van der Waals surface area contributed by atoms with Crippen LogP contribution in [0.5, 0.6) is 0 Å². The second-order valence-corrected chi connectivity index (χ2v) is 5.18. The van der Waals surface area contributed by atoms with Gasteiger partial charge in [0.05, 0.1) is 13.2 Å². The van der Waals surface area contributed by atoms with Crippen molar-refractivity contribution in [2.45, 2.75) is 19.8 Å². The van der Waals surface area contributed by atoms with Gasteiger partial charge in [-0.3, -0.25) is 4.90 Å². The van der Waals surface area contributed by atoms with Gasteiger partial charge in [0.15, 0.2) is 0 Å². The number of rotatable bonds is 6. The highest BCUT2D eigenvalue weighted by atomic mass is 16.5. The zero-order valence-electron chi connectivity index (χ0n) is 12.2. The van der Waals surface area contributed by atoms with Crippen molar-refractivity contribution >= 4 is 11.6 Å². The van der Waals surface area contributed by atoms with E-state index in [9.17, 15) is 0 Å². The molecule has 20 heavy (non-hydrogen) atoms. The number of morpholine rings is 1. The Morgan fingerprint density at radius 3 is 2.65 bits per heavy atom. The van der Waals surface area contributed by atoms with Gasteiger partial charge in [0.2, 0.25) is 0 Å². The minimum atomic E-state index is 0.267. The first kappa shape index (κ1) is 15.0. The van der Waals surface area contributed by atoms with Gasteiger partial charge in [0.1, 0.15) is 17.5 Å². The highest BCUT2D eigenvalue weighted by Crippen LogP contribution is 2.16. The minimum absolute atomic E-state index is 0.267. The van der Waals surface area contributed by atoms with Crippen LogP contribution in [0.3, 0.4) is 0 Å². The van der Waals surface area contributed by atoms with Crippen LogP contribution in [-0.2, 0) is 4.74 Å². The molecule has 0 spiro atoms. The van der Waals surface area contributed by atoms with Crippen LogP contribution in [0.1, 0.15) is 25.6 Å². The van der Waals surface area contributed by atoms with Gasteiger partial charge >= 0.3 is 0 Å². The van der Waals surface area contributed by atoms with Crippen LogP contribution < -0.4 is 16.6 Å². The van der Waals surface area contributed by atoms with Crippen molar-refractivity contribution < 1.29 is 4.74 Å². The maximum atomic E-state index is 5.44. The van der Waals surface area contributed by atoms with Gasteiger partial charge in [-0.15, -0.1) is 0 Å². The molecule has 4 N–H and O–H groups in total. The molecular weight excluding hydrogens is 256 g/mol. The highest BCUT2D eigenvalue weighted by Gasteiger charge is 2.10. The average Bonchev–Trinajstić information content (AvgIpc) is 2.48. The predicted octanol–water partition coefficient (Wildman–Crippen LogP) is 0.630. The van der Waals surface area contributed by atoms with Gasteiger partial charge in [-0.25, -0.2) is 15.8 Å². The van der Waals surface area contributed by atoms with E-state index >= 15 is 0 Å². The lowest BCUT2D eigenvalue weighted by molar-refractivity contribution is 0.0398. The van der Waals surface area contributed by atoms with E-state index in [4.69, 9.17) is 10.6 Å². The largest absolute Gasteiger partial charge is 0.379 e. The normalized spacial score (nSPS) is 16.4. The molecule has 0 radical (unpaired) electrons. The summed E-state index contributed by atoms with van der Waals surface area (Å²) in [6.07, 6.45) is 0. The topological polar surface area (TPSA) is 88.3 Å². The number of hydrogen-bond acceptors (Lipinski definition) is 7. The summed E-state index contributed by atoms with van der Waals surface area (Å²) in [6, 6.07) is 1.82. The first-order valence-electron chi connectivity index (χ1n) is 7.08. The van der Waals surface area contributed by atoms with Crippen molar-refractivity contribution in [2.75, 3.05) is 50.1 Å². The number of nitrogen functional groups attached to an aromatic ring is 1. The molecule has 0 aliphatic carbocycles. The fourth-order valence-electron chi connectivity index (χ4n) is 2.06. The molecule has 2 heterocycles. The molecular formula is C13H24N6O. The zero-order valence-corrected chi connectivity index (χ0v) is 12.2. The SMILES string of the molecule is CC(C)c1nc(NN)cc(NCCN2CCOCC2)n1. The number of anilines is 2. The Hall–Kier alpha value is -1.44. The fourth-order valence-corrected chi connectivity index (χ4v) is 2.06. The Bertz CT molecular complexity index is 419. The maximum absolute atomic E-state index is 5.44. The summed E-state index contributed by atoms with van der Waals surface area (Å²) >= 11 is 0. The monoisotopic (exact) mass is 280 g/mol. The van der Waals surface area contributed by atoms with Gasteiger partial charge in [0.25, 0.3) is 0 Å². The summed E-state index contributed by atoms with van der Waals surface area (Å²) in [5.74, 6) is 7.94. The molecule has 1 aromatic rings. The molecule has 2 rings (SSSR count). The smallest absolute Gasteiger partial charge is 0.145 e. The predicted molar refractivity (Wildman–Crippen MR) is 79.7 cm³/mol. The van der Waals surface area contributed by atoms with E-state index < -0.39 is 0 Å². The van der Waals surface area contributed by atoms with Gasteiger partial charge in [-0.05, 0) is 0 Å². The Labute approximate surface area is 119 Å². The average molecular weight is 280 g/mol. The van der Waals surface area contributed by atoms with Crippen LogP contribution in [0, 0.1) is 0 Å². The van der Waals surface area contributed by atoms with Crippen molar-refractivity contribution in [3.05, 3.63) is 11.9 Å². The number of aromatic nitrogens is 2. The van der Waals surface area contributed by atoms with Crippen molar-refractivity contribution in [3.8, 4) is 0 Å². The number of ether oxygens (including phenoxy) is 1. The molecule has 0 amide bonds. The van der Waals surface area contributed by atoms with Gasteiger partial charge in [-0.2, -0.15) is 0 Å². The van der Waals surface area contributed by atoms with Gasteiger partial charge in [-0.1, -0.05) is 13.8 Å². The van der Waals surface area contributed by atoms with E-state index in [-0.39, 0.29) is 5.92 Å². The van der Waals surface area contributed by atoms with Crippen LogP contribution in [0.15, 0.2) is 6.07 Å². The number of nitrogens with one attached hydrogen (secondary N) is 2. The molecule has 7 nitrogen and oxygen atoms in total. The molecule has 112 valence electrons. The molecule has 0 bridgehead atoms. The van der Waals surface area contributed by atoms with Crippen LogP contribution in [0.4, 0.5) is 11.6 Å². The number of hydrogen-bond donors (Lipinski definition) is 3. The number of nitrogens with zero attached hydrogens (tertiary/aromatic N) is 3. The van der Waals surface area contributed by atoms with Crippen LogP contribution in [-0.4, -0.2) is 54.3 Å². The summed E-state index contributed by atoms with van der Waals surface area (Å²) in [5, 5.41) is 3.33.